The largest absolute Gasteiger partial charge is 0.340 e. The molecule has 0 saturated heterocycles. The van der Waals surface area contributed by atoms with Crippen molar-refractivity contribution in [2.75, 3.05) is 0 Å². The van der Waals surface area contributed by atoms with Gasteiger partial charge in [-0.1, -0.05) is 54.1 Å². The molecule has 1 aromatic heterocycles. The predicted molar refractivity (Wildman–Crippen MR) is 123 cm³/mol. The smallest absolute Gasteiger partial charge is 0.271 e. The number of fused-ring (bicyclic) bond motifs is 1. The SMILES string of the molecule is Cc1c(C)n(Cc2ccccc2)c2ccc(C(=O)N/N=C/c3ccc(Cl)cc3)cc12. The molecule has 4 nitrogen and oxygen atoms in total. The number of hydrogen-bond acceptors (Lipinski definition) is 2. The average molecular weight is 416 g/mol. The molecule has 1 amide bonds. The lowest BCUT2D eigenvalue weighted by atomic mass is 10.1. The van der Waals surface area contributed by atoms with Gasteiger partial charge in [0.05, 0.1) is 6.21 Å². The minimum atomic E-state index is -0.241. The van der Waals surface area contributed by atoms with Gasteiger partial charge in [0.15, 0.2) is 0 Å². The van der Waals surface area contributed by atoms with Crippen molar-refractivity contribution in [2.45, 2.75) is 20.4 Å². The topological polar surface area (TPSA) is 46.4 Å². The molecule has 4 rings (SSSR count). The number of halogens is 1. The second-order valence-corrected chi connectivity index (χ2v) is 7.70. The summed E-state index contributed by atoms with van der Waals surface area (Å²) in [6, 6.07) is 23.4. The first-order chi connectivity index (χ1) is 14.5. The molecule has 0 aliphatic carbocycles. The van der Waals surface area contributed by atoms with E-state index in [4.69, 9.17) is 11.6 Å². The Morgan fingerprint density at radius 2 is 1.77 bits per heavy atom. The van der Waals surface area contributed by atoms with Crippen molar-refractivity contribution < 1.29 is 4.79 Å². The van der Waals surface area contributed by atoms with Crippen LogP contribution in [-0.2, 0) is 6.54 Å². The van der Waals surface area contributed by atoms with Gasteiger partial charge in [0, 0.05) is 33.7 Å². The maximum absolute atomic E-state index is 12.6. The highest BCUT2D eigenvalue weighted by Gasteiger charge is 2.14. The third kappa shape index (κ3) is 4.14. The first-order valence-electron chi connectivity index (χ1n) is 9.75. The third-order valence-corrected chi connectivity index (χ3v) is 5.59. The molecule has 3 aromatic carbocycles. The highest BCUT2D eigenvalue weighted by Crippen LogP contribution is 2.27. The van der Waals surface area contributed by atoms with Crippen LogP contribution in [0.25, 0.3) is 10.9 Å². The Balaban J connectivity index is 1.56. The Bertz CT molecular complexity index is 1220. The second kappa shape index (κ2) is 8.56. The van der Waals surface area contributed by atoms with E-state index >= 15 is 0 Å². The van der Waals surface area contributed by atoms with E-state index in [9.17, 15) is 4.79 Å². The van der Waals surface area contributed by atoms with Gasteiger partial charge in [-0.05, 0) is 60.9 Å². The molecular formula is C25H22ClN3O. The molecule has 1 N–H and O–H groups in total. The zero-order chi connectivity index (χ0) is 21.1. The van der Waals surface area contributed by atoms with Crippen LogP contribution in [0.1, 0.15) is 32.7 Å². The quantitative estimate of drug-likeness (QED) is 0.328. The fourth-order valence-corrected chi connectivity index (χ4v) is 3.67. The molecule has 0 fully saturated rings. The molecule has 1 heterocycles. The number of carbonyl (C=O) groups excluding carboxylic acids is 1. The molecule has 0 bridgehead atoms. The number of hydrogen-bond donors (Lipinski definition) is 1. The summed E-state index contributed by atoms with van der Waals surface area (Å²) in [6.45, 7) is 5.02. The number of benzene rings is 3. The Morgan fingerprint density at radius 1 is 1.03 bits per heavy atom. The Hall–Kier alpha value is -3.37. The first kappa shape index (κ1) is 19.9. The molecule has 5 heteroatoms. The van der Waals surface area contributed by atoms with Crippen LogP contribution in [0.4, 0.5) is 0 Å². The van der Waals surface area contributed by atoms with Gasteiger partial charge < -0.3 is 4.57 Å². The molecule has 0 spiro atoms. The van der Waals surface area contributed by atoms with E-state index in [0.717, 1.165) is 23.0 Å². The van der Waals surface area contributed by atoms with Crippen molar-refractivity contribution in [2.24, 2.45) is 5.10 Å². The Labute approximate surface area is 180 Å². The molecular weight excluding hydrogens is 394 g/mol. The summed E-state index contributed by atoms with van der Waals surface area (Å²) in [6.07, 6.45) is 1.60. The lowest BCUT2D eigenvalue weighted by molar-refractivity contribution is 0.0955. The summed E-state index contributed by atoms with van der Waals surface area (Å²) in [5.74, 6) is -0.241. The summed E-state index contributed by atoms with van der Waals surface area (Å²) in [4.78, 5) is 12.6. The van der Waals surface area contributed by atoms with Gasteiger partial charge in [0.25, 0.3) is 5.91 Å². The number of aryl methyl sites for hydroxylation is 1. The zero-order valence-corrected chi connectivity index (χ0v) is 17.6. The molecule has 0 aliphatic heterocycles. The van der Waals surface area contributed by atoms with Gasteiger partial charge in [0.1, 0.15) is 0 Å². The number of carbonyl (C=O) groups is 1. The van der Waals surface area contributed by atoms with Gasteiger partial charge in [-0.15, -0.1) is 0 Å². The maximum Gasteiger partial charge on any atom is 0.271 e. The van der Waals surface area contributed by atoms with Gasteiger partial charge in [-0.25, -0.2) is 5.43 Å². The highest BCUT2D eigenvalue weighted by atomic mass is 35.5. The van der Waals surface area contributed by atoms with Crippen molar-refractivity contribution in [1.82, 2.24) is 9.99 Å². The van der Waals surface area contributed by atoms with Crippen LogP contribution in [-0.4, -0.2) is 16.7 Å². The monoisotopic (exact) mass is 415 g/mol. The fraction of sp³-hybridized carbons (Fsp3) is 0.120. The molecule has 0 radical (unpaired) electrons. The number of nitrogens with zero attached hydrogens (tertiary/aromatic N) is 2. The van der Waals surface area contributed by atoms with Crippen molar-refractivity contribution in [1.29, 1.82) is 0 Å². The highest BCUT2D eigenvalue weighted by molar-refractivity contribution is 6.30. The van der Waals surface area contributed by atoms with Crippen LogP contribution in [0.2, 0.25) is 5.02 Å². The van der Waals surface area contributed by atoms with Crippen molar-refractivity contribution in [3.05, 3.63) is 106 Å². The van der Waals surface area contributed by atoms with Crippen molar-refractivity contribution in [3.63, 3.8) is 0 Å². The minimum Gasteiger partial charge on any atom is -0.340 e. The van der Waals surface area contributed by atoms with Gasteiger partial charge >= 0.3 is 0 Å². The number of aromatic nitrogens is 1. The Morgan fingerprint density at radius 3 is 2.50 bits per heavy atom. The molecule has 150 valence electrons. The summed E-state index contributed by atoms with van der Waals surface area (Å²) in [5.41, 5.74) is 8.79. The van der Waals surface area contributed by atoms with E-state index in [1.54, 1.807) is 18.3 Å². The summed E-state index contributed by atoms with van der Waals surface area (Å²) in [5, 5.41) is 5.80. The van der Waals surface area contributed by atoms with Crippen LogP contribution in [0.15, 0.2) is 77.9 Å². The lowest BCUT2D eigenvalue weighted by Gasteiger charge is -2.09. The third-order valence-electron chi connectivity index (χ3n) is 5.33. The predicted octanol–water partition coefficient (Wildman–Crippen LogP) is 5.72. The van der Waals surface area contributed by atoms with Crippen molar-refractivity contribution >= 4 is 34.6 Å². The van der Waals surface area contributed by atoms with Gasteiger partial charge in [-0.2, -0.15) is 5.10 Å². The van der Waals surface area contributed by atoms with E-state index in [1.807, 2.05) is 36.4 Å². The van der Waals surface area contributed by atoms with Crippen molar-refractivity contribution in [3.8, 4) is 0 Å². The van der Waals surface area contributed by atoms with E-state index in [1.165, 1.54) is 16.8 Å². The standard InChI is InChI=1S/C25H22ClN3O/c1-17-18(2)29(16-20-6-4-3-5-7-20)24-13-10-21(14-23(17)24)25(30)28-27-15-19-8-11-22(26)12-9-19/h3-15H,16H2,1-2H3,(H,28,30)/b27-15+. The molecule has 4 aromatic rings. The lowest BCUT2D eigenvalue weighted by Crippen LogP contribution is -2.17. The summed E-state index contributed by atoms with van der Waals surface area (Å²) < 4.78 is 2.29. The van der Waals surface area contributed by atoms with Crippen LogP contribution in [0, 0.1) is 13.8 Å². The zero-order valence-electron chi connectivity index (χ0n) is 16.9. The number of nitrogens with one attached hydrogen (secondary N) is 1. The first-order valence-corrected chi connectivity index (χ1v) is 10.1. The normalized spacial score (nSPS) is 11.3. The maximum atomic E-state index is 12.6. The molecule has 30 heavy (non-hydrogen) atoms. The fourth-order valence-electron chi connectivity index (χ4n) is 3.54. The van der Waals surface area contributed by atoms with Crippen LogP contribution < -0.4 is 5.43 Å². The van der Waals surface area contributed by atoms with E-state index in [0.29, 0.717) is 10.6 Å². The number of hydrazone groups is 1. The van der Waals surface area contributed by atoms with Crippen LogP contribution >= 0.6 is 11.6 Å². The minimum absolute atomic E-state index is 0.241. The molecule has 0 saturated carbocycles. The van der Waals surface area contributed by atoms with E-state index in [2.05, 4.69) is 53.2 Å². The van der Waals surface area contributed by atoms with Crippen LogP contribution in [0.3, 0.4) is 0 Å². The molecule has 0 atom stereocenters. The van der Waals surface area contributed by atoms with E-state index < -0.39 is 0 Å². The number of amides is 1. The second-order valence-electron chi connectivity index (χ2n) is 7.26. The summed E-state index contributed by atoms with van der Waals surface area (Å²) >= 11 is 5.88. The molecule has 0 aliphatic rings. The average Bonchev–Trinajstić information content (AvgIpc) is 3.00. The van der Waals surface area contributed by atoms with Gasteiger partial charge in [0.2, 0.25) is 0 Å². The Kier molecular flexibility index (Phi) is 5.68. The van der Waals surface area contributed by atoms with E-state index in [-0.39, 0.29) is 5.91 Å². The van der Waals surface area contributed by atoms with Crippen LogP contribution in [0.5, 0.6) is 0 Å². The molecule has 0 unspecified atom stereocenters. The number of rotatable bonds is 5. The van der Waals surface area contributed by atoms with Gasteiger partial charge in [-0.3, -0.25) is 4.79 Å². The summed E-state index contributed by atoms with van der Waals surface area (Å²) in [7, 11) is 0.